The number of hydrazone groups is 1. The molecule has 0 fully saturated rings. The maximum Gasteiger partial charge on any atom is 0.277 e. The number of carbonyl (C=O) groups is 1. The summed E-state index contributed by atoms with van der Waals surface area (Å²) in [6.45, 7) is 1.67. The first-order valence-electron chi connectivity index (χ1n) is 7.75. The Kier molecular flexibility index (Phi) is 7.47. The van der Waals surface area contributed by atoms with Gasteiger partial charge in [0.1, 0.15) is 5.75 Å². The molecule has 128 valence electrons. The normalized spacial score (nSPS) is 11.8. The summed E-state index contributed by atoms with van der Waals surface area (Å²) < 4.78 is 5.33. The van der Waals surface area contributed by atoms with Gasteiger partial charge < -0.3 is 4.74 Å². The van der Waals surface area contributed by atoms with E-state index in [1.54, 1.807) is 37.3 Å². The molecule has 1 amide bonds. The van der Waals surface area contributed by atoms with Gasteiger partial charge in [-0.3, -0.25) is 4.79 Å². The van der Waals surface area contributed by atoms with Crippen LogP contribution in [0.4, 0.5) is 0 Å². The molecule has 0 aromatic heterocycles. The first-order valence-corrected chi connectivity index (χ1v) is 8.12. The van der Waals surface area contributed by atoms with E-state index >= 15 is 0 Å². The largest absolute Gasteiger partial charge is 0.484 e. The monoisotopic (exact) mass is 354 g/mol. The van der Waals surface area contributed by atoms with Gasteiger partial charge in [-0.2, -0.15) is 5.10 Å². The van der Waals surface area contributed by atoms with Crippen molar-refractivity contribution in [2.75, 3.05) is 6.61 Å². The van der Waals surface area contributed by atoms with Crippen LogP contribution >= 0.6 is 11.6 Å². The summed E-state index contributed by atoms with van der Waals surface area (Å²) >= 11 is 5.85. The lowest BCUT2D eigenvalue weighted by molar-refractivity contribution is -0.123. The van der Waals surface area contributed by atoms with Crippen molar-refractivity contribution >= 4 is 29.3 Å². The predicted octanol–water partition coefficient (Wildman–Crippen LogP) is 4.48. The van der Waals surface area contributed by atoms with Crippen LogP contribution in [0.1, 0.15) is 12.5 Å². The Morgan fingerprint density at radius 1 is 1.16 bits per heavy atom. The molecule has 0 atom stereocenters. The van der Waals surface area contributed by atoms with Gasteiger partial charge in [0, 0.05) is 5.02 Å². The van der Waals surface area contributed by atoms with E-state index < -0.39 is 0 Å². The number of hydrogen-bond acceptors (Lipinski definition) is 3. The summed E-state index contributed by atoms with van der Waals surface area (Å²) in [5.41, 5.74) is 4.24. The zero-order valence-electron chi connectivity index (χ0n) is 13.9. The molecule has 2 aromatic rings. The Morgan fingerprint density at radius 2 is 1.96 bits per heavy atom. The van der Waals surface area contributed by atoms with Crippen molar-refractivity contribution in [3.8, 4) is 5.75 Å². The molecule has 0 heterocycles. The van der Waals surface area contributed by atoms with Crippen LogP contribution in [-0.4, -0.2) is 18.2 Å². The quantitative estimate of drug-likeness (QED) is 0.452. The van der Waals surface area contributed by atoms with E-state index in [0.717, 1.165) is 5.56 Å². The Morgan fingerprint density at radius 3 is 2.72 bits per heavy atom. The lowest BCUT2D eigenvalue weighted by atomic mass is 10.2. The zero-order chi connectivity index (χ0) is 17.9. The number of benzene rings is 2. The number of halogens is 1. The molecule has 1 N–H and O–H groups in total. The topological polar surface area (TPSA) is 50.7 Å². The molecular formula is C20H19ClN2O2. The van der Waals surface area contributed by atoms with E-state index in [0.29, 0.717) is 16.5 Å². The predicted molar refractivity (Wildman–Crippen MR) is 103 cm³/mol. The highest BCUT2D eigenvalue weighted by Gasteiger charge is 2.01. The molecule has 2 aromatic carbocycles. The first kappa shape index (κ1) is 18.5. The molecule has 5 heteroatoms. The van der Waals surface area contributed by atoms with Gasteiger partial charge in [-0.15, -0.1) is 0 Å². The maximum absolute atomic E-state index is 11.7. The van der Waals surface area contributed by atoms with Crippen LogP contribution in [0.5, 0.6) is 5.75 Å². The number of allylic oxidation sites excluding steroid dienone is 3. The first-order chi connectivity index (χ1) is 12.1. The third-order valence-corrected chi connectivity index (χ3v) is 3.29. The second kappa shape index (κ2) is 10.1. The number of carbonyl (C=O) groups excluding carboxylic acids is 1. The average Bonchev–Trinajstić information content (AvgIpc) is 2.63. The van der Waals surface area contributed by atoms with Crippen LogP contribution < -0.4 is 10.2 Å². The minimum atomic E-state index is -0.340. The summed E-state index contributed by atoms with van der Waals surface area (Å²) in [5.74, 6) is 0.196. The van der Waals surface area contributed by atoms with Crippen LogP contribution in [0.3, 0.4) is 0 Å². The molecular weight excluding hydrogens is 336 g/mol. The molecule has 4 nitrogen and oxygen atoms in total. The minimum Gasteiger partial charge on any atom is -0.484 e. The second-order valence-electron chi connectivity index (χ2n) is 5.16. The van der Waals surface area contributed by atoms with Gasteiger partial charge in [0.05, 0.1) is 5.71 Å². The molecule has 2 rings (SSSR count). The number of ether oxygens (including phenoxy) is 1. The van der Waals surface area contributed by atoms with Gasteiger partial charge in [-0.25, -0.2) is 5.43 Å². The fourth-order valence-corrected chi connectivity index (χ4v) is 2.03. The fraction of sp³-hybridized carbons (Fsp3) is 0.100. The lowest BCUT2D eigenvalue weighted by Crippen LogP contribution is -2.25. The fourth-order valence-electron chi connectivity index (χ4n) is 1.85. The van der Waals surface area contributed by atoms with Crippen molar-refractivity contribution in [3.63, 3.8) is 0 Å². The van der Waals surface area contributed by atoms with Gasteiger partial charge in [0.25, 0.3) is 5.91 Å². The van der Waals surface area contributed by atoms with Crippen molar-refractivity contribution in [2.45, 2.75) is 6.92 Å². The summed E-state index contributed by atoms with van der Waals surface area (Å²) in [5, 5.41) is 4.54. The van der Waals surface area contributed by atoms with Gasteiger partial charge >= 0.3 is 0 Å². The Hall–Kier alpha value is -2.85. The van der Waals surface area contributed by atoms with E-state index in [1.807, 2.05) is 48.6 Å². The maximum atomic E-state index is 11.7. The van der Waals surface area contributed by atoms with E-state index in [1.165, 1.54) is 0 Å². The highest BCUT2D eigenvalue weighted by atomic mass is 35.5. The van der Waals surface area contributed by atoms with Gasteiger partial charge in [-0.1, -0.05) is 66.2 Å². The molecule has 0 bridgehead atoms. The van der Waals surface area contributed by atoms with Gasteiger partial charge in [0.15, 0.2) is 6.61 Å². The van der Waals surface area contributed by atoms with E-state index in [2.05, 4.69) is 10.5 Å². The summed E-state index contributed by atoms with van der Waals surface area (Å²) in [7, 11) is 0. The van der Waals surface area contributed by atoms with Crippen LogP contribution in [0, 0.1) is 0 Å². The summed E-state index contributed by atoms with van der Waals surface area (Å²) in [4.78, 5) is 11.7. The van der Waals surface area contributed by atoms with Crippen LogP contribution in [0.25, 0.3) is 6.08 Å². The van der Waals surface area contributed by atoms with Crippen molar-refractivity contribution in [1.29, 1.82) is 0 Å². The van der Waals surface area contributed by atoms with Gasteiger partial charge in [-0.05, 0) is 36.8 Å². The van der Waals surface area contributed by atoms with Crippen molar-refractivity contribution in [2.24, 2.45) is 5.10 Å². The zero-order valence-corrected chi connectivity index (χ0v) is 14.6. The highest BCUT2D eigenvalue weighted by Crippen LogP contribution is 2.16. The molecule has 25 heavy (non-hydrogen) atoms. The molecule has 0 saturated heterocycles. The summed E-state index contributed by atoms with van der Waals surface area (Å²) in [6, 6.07) is 16.8. The van der Waals surface area contributed by atoms with Crippen molar-refractivity contribution in [1.82, 2.24) is 5.43 Å². The smallest absolute Gasteiger partial charge is 0.277 e. The average molecular weight is 355 g/mol. The van der Waals surface area contributed by atoms with Gasteiger partial charge in [0.2, 0.25) is 0 Å². The molecule has 0 radical (unpaired) electrons. The molecule has 0 aliphatic rings. The molecule has 0 spiro atoms. The third-order valence-electron chi connectivity index (χ3n) is 3.06. The van der Waals surface area contributed by atoms with Crippen LogP contribution in [0.2, 0.25) is 5.02 Å². The minimum absolute atomic E-state index is 0.130. The molecule has 0 aliphatic carbocycles. The SMILES string of the molecule is CC(/C=C/C=C/c1ccccc1)=N\NC(=O)COc1cccc(Cl)c1. The van der Waals surface area contributed by atoms with Crippen molar-refractivity contribution in [3.05, 3.63) is 83.4 Å². The van der Waals surface area contributed by atoms with E-state index in [4.69, 9.17) is 16.3 Å². The lowest BCUT2D eigenvalue weighted by Gasteiger charge is -2.05. The number of rotatable bonds is 7. The molecule has 0 aliphatic heterocycles. The third kappa shape index (κ3) is 7.50. The Balaban J connectivity index is 1.75. The second-order valence-corrected chi connectivity index (χ2v) is 5.60. The number of amides is 1. The van der Waals surface area contributed by atoms with Crippen LogP contribution in [0.15, 0.2) is 77.9 Å². The van der Waals surface area contributed by atoms with Crippen molar-refractivity contribution < 1.29 is 9.53 Å². The Bertz CT molecular complexity index is 783. The standard InChI is InChI=1S/C20H19ClN2O2/c1-16(8-5-6-11-17-9-3-2-4-10-17)22-23-20(24)15-25-19-13-7-12-18(21)14-19/h2-14H,15H2,1H3,(H,23,24)/b8-5+,11-6+,22-16+. The Labute approximate surface area is 152 Å². The highest BCUT2D eigenvalue weighted by molar-refractivity contribution is 6.30. The van der Waals surface area contributed by atoms with E-state index in [9.17, 15) is 4.79 Å². The van der Waals surface area contributed by atoms with E-state index in [-0.39, 0.29) is 12.5 Å². The summed E-state index contributed by atoms with van der Waals surface area (Å²) in [6.07, 6.45) is 7.57. The number of nitrogens with one attached hydrogen (secondary N) is 1. The molecule has 0 saturated carbocycles. The number of hydrogen-bond donors (Lipinski definition) is 1. The van der Waals surface area contributed by atoms with Crippen LogP contribution in [-0.2, 0) is 4.79 Å². The number of nitrogens with zero attached hydrogens (tertiary/aromatic N) is 1. The molecule has 0 unspecified atom stereocenters.